The fourth-order valence-corrected chi connectivity index (χ4v) is 0.913. The normalized spacial score (nSPS) is 10.2. The molecule has 1 aromatic carbocycles. The van der Waals surface area contributed by atoms with Crippen LogP contribution in [0.5, 0.6) is 5.75 Å². The third-order valence-corrected chi connectivity index (χ3v) is 1.45. The quantitative estimate of drug-likeness (QED) is 0.731. The molecule has 6 heteroatoms. The summed E-state index contributed by atoms with van der Waals surface area (Å²) in [5, 5.41) is 8.62. The van der Waals surface area contributed by atoms with E-state index in [0.717, 1.165) is 12.1 Å². The summed E-state index contributed by atoms with van der Waals surface area (Å²) in [5.74, 6) is -1.77. The van der Waals surface area contributed by atoms with E-state index in [4.69, 9.17) is 10.8 Å². The van der Waals surface area contributed by atoms with Gasteiger partial charge in [0.15, 0.2) is 0 Å². The van der Waals surface area contributed by atoms with Gasteiger partial charge in [0.25, 0.3) is 0 Å². The zero-order valence-corrected chi connectivity index (χ0v) is 6.91. The SMILES string of the molecule is Nc1ccc(OC(F)F)c(C(=O)O)c1. The van der Waals surface area contributed by atoms with Crippen LogP contribution in [0.4, 0.5) is 14.5 Å². The van der Waals surface area contributed by atoms with Gasteiger partial charge in [-0.2, -0.15) is 8.78 Å². The van der Waals surface area contributed by atoms with Gasteiger partial charge in [0.2, 0.25) is 0 Å². The first-order valence-electron chi connectivity index (χ1n) is 3.58. The first-order valence-corrected chi connectivity index (χ1v) is 3.58. The molecule has 3 N–H and O–H groups in total. The number of ether oxygens (including phenoxy) is 1. The molecule has 76 valence electrons. The Balaban J connectivity index is 3.08. The zero-order valence-electron chi connectivity index (χ0n) is 6.91. The van der Waals surface area contributed by atoms with Gasteiger partial charge < -0.3 is 15.6 Å². The summed E-state index contributed by atoms with van der Waals surface area (Å²) in [6.07, 6.45) is 0. The van der Waals surface area contributed by atoms with Crippen LogP contribution in [0.1, 0.15) is 10.4 Å². The van der Waals surface area contributed by atoms with Crippen molar-refractivity contribution in [3.05, 3.63) is 23.8 Å². The van der Waals surface area contributed by atoms with E-state index in [1.807, 2.05) is 0 Å². The second-order valence-corrected chi connectivity index (χ2v) is 2.44. The highest BCUT2D eigenvalue weighted by Crippen LogP contribution is 2.22. The van der Waals surface area contributed by atoms with Crippen LogP contribution < -0.4 is 10.5 Å². The Bertz CT molecular complexity index is 354. The van der Waals surface area contributed by atoms with Crippen LogP contribution in [0.3, 0.4) is 0 Å². The number of nitrogens with two attached hydrogens (primary N) is 1. The number of aromatic carboxylic acids is 1. The lowest BCUT2D eigenvalue weighted by atomic mass is 10.2. The van der Waals surface area contributed by atoms with E-state index in [1.54, 1.807) is 0 Å². The van der Waals surface area contributed by atoms with Crippen molar-refractivity contribution in [1.82, 2.24) is 0 Å². The van der Waals surface area contributed by atoms with Gasteiger partial charge in [-0.3, -0.25) is 0 Å². The summed E-state index contributed by atoms with van der Waals surface area (Å²) in [7, 11) is 0. The fourth-order valence-electron chi connectivity index (χ4n) is 0.913. The molecule has 0 aliphatic carbocycles. The predicted octanol–water partition coefficient (Wildman–Crippen LogP) is 1.57. The monoisotopic (exact) mass is 203 g/mol. The summed E-state index contributed by atoms with van der Waals surface area (Å²) in [6.45, 7) is -3.06. The lowest BCUT2D eigenvalue weighted by molar-refractivity contribution is -0.0503. The summed E-state index contributed by atoms with van der Waals surface area (Å²) < 4.78 is 27.6. The molecule has 0 aliphatic rings. The van der Waals surface area contributed by atoms with Crippen LogP contribution in [0.25, 0.3) is 0 Å². The Labute approximate surface area is 77.9 Å². The molecule has 14 heavy (non-hydrogen) atoms. The van der Waals surface area contributed by atoms with Gasteiger partial charge in [-0.05, 0) is 18.2 Å². The molecular weight excluding hydrogens is 196 g/mol. The van der Waals surface area contributed by atoms with Crippen LogP contribution in [0, 0.1) is 0 Å². The molecule has 1 aromatic rings. The Morgan fingerprint density at radius 3 is 2.64 bits per heavy atom. The largest absolute Gasteiger partial charge is 0.478 e. The maximum atomic E-state index is 11.8. The number of carbonyl (C=O) groups is 1. The molecule has 0 radical (unpaired) electrons. The van der Waals surface area contributed by atoms with Gasteiger partial charge in [-0.25, -0.2) is 4.79 Å². The minimum absolute atomic E-state index is 0.170. The predicted molar refractivity (Wildman–Crippen MR) is 44.4 cm³/mol. The van der Waals surface area contributed by atoms with Crippen LogP contribution in [0.15, 0.2) is 18.2 Å². The molecule has 0 amide bonds. The molecule has 0 unspecified atom stereocenters. The molecular formula is C8H7F2NO3. The van der Waals surface area contributed by atoms with Gasteiger partial charge in [0, 0.05) is 5.69 Å². The van der Waals surface area contributed by atoms with Gasteiger partial charge >= 0.3 is 12.6 Å². The van der Waals surface area contributed by atoms with Crippen molar-refractivity contribution < 1.29 is 23.4 Å². The number of nitrogen functional groups attached to an aromatic ring is 1. The maximum absolute atomic E-state index is 11.8. The molecule has 0 aliphatic heterocycles. The second-order valence-electron chi connectivity index (χ2n) is 2.44. The fraction of sp³-hybridized carbons (Fsp3) is 0.125. The lowest BCUT2D eigenvalue weighted by Crippen LogP contribution is -2.08. The highest BCUT2D eigenvalue weighted by atomic mass is 19.3. The van der Waals surface area contributed by atoms with E-state index in [0.29, 0.717) is 0 Å². The van der Waals surface area contributed by atoms with E-state index >= 15 is 0 Å². The third kappa shape index (κ3) is 2.32. The summed E-state index contributed by atoms with van der Waals surface area (Å²) in [4.78, 5) is 10.6. The molecule has 0 bridgehead atoms. The number of benzene rings is 1. The second kappa shape index (κ2) is 3.91. The Morgan fingerprint density at radius 1 is 1.50 bits per heavy atom. The van der Waals surface area contributed by atoms with Crippen molar-refractivity contribution in [2.45, 2.75) is 6.61 Å². The number of carboxylic acids is 1. The van der Waals surface area contributed by atoms with Crippen molar-refractivity contribution in [2.75, 3.05) is 5.73 Å². The van der Waals surface area contributed by atoms with Gasteiger partial charge in [-0.1, -0.05) is 0 Å². The number of halogens is 2. The van der Waals surface area contributed by atoms with Crippen molar-refractivity contribution >= 4 is 11.7 Å². The van der Waals surface area contributed by atoms with Crippen molar-refractivity contribution in [1.29, 1.82) is 0 Å². The van der Waals surface area contributed by atoms with Crippen molar-refractivity contribution in [2.24, 2.45) is 0 Å². The lowest BCUT2D eigenvalue weighted by Gasteiger charge is -2.07. The third-order valence-electron chi connectivity index (χ3n) is 1.45. The standard InChI is InChI=1S/C8H7F2NO3/c9-8(10)14-6-2-1-4(11)3-5(6)7(12)13/h1-3,8H,11H2,(H,12,13). The number of alkyl halides is 2. The van der Waals surface area contributed by atoms with Crippen LogP contribution >= 0.6 is 0 Å². The minimum atomic E-state index is -3.06. The summed E-state index contributed by atoms with van der Waals surface area (Å²) in [5.41, 5.74) is 5.08. The molecule has 0 fully saturated rings. The van der Waals surface area contributed by atoms with Crippen LogP contribution in [-0.2, 0) is 0 Å². The zero-order chi connectivity index (χ0) is 10.7. The number of rotatable bonds is 3. The van der Waals surface area contributed by atoms with E-state index in [1.165, 1.54) is 6.07 Å². The van der Waals surface area contributed by atoms with Crippen LogP contribution in [0.2, 0.25) is 0 Å². The smallest absolute Gasteiger partial charge is 0.387 e. The van der Waals surface area contributed by atoms with Crippen molar-refractivity contribution in [3.8, 4) is 5.75 Å². The highest BCUT2D eigenvalue weighted by Gasteiger charge is 2.14. The van der Waals surface area contributed by atoms with Gasteiger partial charge in [-0.15, -0.1) is 0 Å². The number of hydrogen-bond donors (Lipinski definition) is 2. The Kier molecular flexibility index (Phi) is 2.85. The van der Waals surface area contributed by atoms with E-state index < -0.39 is 18.3 Å². The number of carboxylic acid groups (broad SMARTS) is 1. The molecule has 4 nitrogen and oxygen atoms in total. The van der Waals surface area contributed by atoms with Gasteiger partial charge in [0.1, 0.15) is 11.3 Å². The topological polar surface area (TPSA) is 72.5 Å². The molecule has 0 saturated heterocycles. The molecule has 0 spiro atoms. The van der Waals surface area contributed by atoms with Crippen LogP contribution in [-0.4, -0.2) is 17.7 Å². The Hall–Kier alpha value is -1.85. The number of anilines is 1. The van der Waals surface area contributed by atoms with E-state index in [-0.39, 0.29) is 11.3 Å². The maximum Gasteiger partial charge on any atom is 0.387 e. The summed E-state index contributed by atoms with van der Waals surface area (Å²) >= 11 is 0. The first-order chi connectivity index (χ1) is 6.50. The summed E-state index contributed by atoms with van der Waals surface area (Å²) in [6, 6.07) is 3.43. The van der Waals surface area contributed by atoms with E-state index in [2.05, 4.69) is 4.74 Å². The average Bonchev–Trinajstić information content (AvgIpc) is 2.07. The van der Waals surface area contributed by atoms with E-state index in [9.17, 15) is 13.6 Å². The van der Waals surface area contributed by atoms with Gasteiger partial charge in [0.05, 0.1) is 0 Å². The molecule has 0 saturated carbocycles. The molecule has 0 heterocycles. The average molecular weight is 203 g/mol. The van der Waals surface area contributed by atoms with Crippen molar-refractivity contribution in [3.63, 3.8) is 0 Å². The molecule has 0 aromatic heterocycles. The minimum Gasteiger partial charge on any atom is -0.478 e. The first kappa shape index (κ1) is 10.2. The molecule has 0 atom stereocenters. The Morgan fingerprint density at radius 2 is 2.14 bits per heavy atom. The number of hydrogen-bond acceptors (Lipinski definition) is 3. The molecule has 1 rings (SSSR count). The highest BCUT2D eigenvalue weighted by molar-refractivity contribution is 5.92.